The molecule has 0 aliphatic carbocycles. The molecule has 3 aromatic rings. The highest BCUT2D eigenvalue weighted by Gasteiger charge is 2.23. The van der Waals surface area contributed by atoms with E-state index in [9.17, 15) is 9.59 Å². The van der Waals surface area contributed by atoms with Crippen LogP contribution in [0.4, 0.5) is 5.69 Å². The summed E-state index contributed by atoms with van der Waals surface area (Å²) in [6.45, 7) is 0. The molecule has 1 aliphatic rings. The summed E-state index contributed by atoms with van der Waals surface area (Å²) in [5.41, 5.74) is 2.04. The minimum Gasteiger partial charge on any atom is -0.497 e. The van der Waals surface area contributed by atoms with E-state index in [1.54, 1.807) is 37.2 Å². The van der Waals surface area contributed by atoms with Gasteiger partial charge >= 0.3 is 0 Å². The van der Waals surface area contributed by atoms with E-state index < -0.39 is 6.04 Å². The van der Waals surface area contributed by atoms with Crippen LogP contribution in [-0.2, 0) is 11.8 Å². The average Bonchev–Trinajstić information content (AvgIpc) is 3.08. The van der Waals surface area contributed by atoms with Crippen LogP contribution in [0.15, 0.2) is 59.8 Å². The van der Waals surface area contributed by atoms with Crippen LogP contribution in [0.25, 0.3) is 0 Å². The quantitative estimate of drug-likeness (QED) is 0.658. The first kappa shape index (κ1) is 20.0. The monoisotopic (exact) mass is 422 g/mol. The second-order valence-electron chi connectivity index (χ2n) is 6.93. The van der Waals surface area contributed by atoms with Gasteiger partial charge in [0.25, 0.3) is 5.91 Å². The molecule has 2 aromatic carbocycles. The Morgan fingerprint density at radius 3 is 2.77 bits per heavy atom. The van der Waals surface area contributed by atoms with Crippen LogP contribution in [0, 0.1) is 0 Å². The maximum atomic E-state index is 13.1. The van der Waals surface area contributed by atoms with Crippen LogP contribution in [0.1, 0.15) is 34.2 Å². The zero-order valence-electron chi connectivity index (χ0n) is 16.7. The second-order valence-corrected chi connectivity index (χ2v) is 8.07. The minimum absolute atomic E-state index is 0.0390. The summed E-state index contributed by atoms with van der Waals surface area (Å²) in [5, 5.41) is 5.96. The Morgan fingerprint density at radius 2 is 2.07 bits per heavy atom. The van der Waals surface area contributed by atoms with E-state index >= 15 is 0 Å². The molecule has 7 nitrogen and oxygen atoms in total. The van der Waals surface area contributed by atoms with Crippen LogP contribution in [0.5, 0.6) is 5.75 Å². The molecule has 30 heavy (non-hydrogen) atoms. The first-order chi connectivity index (χ1) is 14.5. The number of anilines is 1. The fourth-order valence-corrected chi connectivity index (χ4v) is 4.26. The van der Waals surface area contributed by atoms with Crippen molar-refractivity contribution in [2.45, 2.75) is 17.4 Å². The van der Waals surface area contributed by atoms with Gasteiger partial charge in [-0.3, -0.25) is 9.59 Å². The highest BCUT2D eigenvalue weighted by Crippen LogP contribution is 2.32. The number of methoxy groups -OCH3 is 1. The third-order valence-electron chi connectivity index (χ3n) is 4.94. The normalized spacial score (nSPS) is 14.3. The molecular formula is C22H22N4O3S. The van der Waals surface area contributed by atoms with Crippen molar-refractivity contribution in [3.05, 3.63) is 71.8 Å². The molecule has 0 saturated heterocycles. The van der Waals surface area contributed by atoms with Crippen molar-refractivity contribution in [3.8, 4) is 5.75 Å². The smallest absolute Gasteiger partial charge is 0.252 e. The van der Waals surface area contributed by atoms with Crippen molar-refractivity contribution in [1.29, 1.82) is 0 Å². The summed E-state index contributed by atoms with van der Waals surface area (Å²) in [4.78, 5) is 30.4. The number of carbonyl (C=O) groups excluding carboxylic acids is 2. The van der Waals surface area contributed by atoms with Gasteiger partial charge in [-0.15, -0.1) is 11.8 Å². The van der Waals surface area contributed by atoms with E-state index in [0.29, 0.717) is 23.5 Å². The summed E-state index contributed by atoms with van der Waals surface area (Å²) in [7, 11) is 3.50. The number of hydrogen-bond acceptors (Lipinski definition) is 5. The van der Waals surface area contributed by atoms with Crippen LogP contribution in [-0.4, -0.2) is 34.2 Å². The van der Waals surface area contributed by atoms with E-state index in [1.165, 1.54) is 0 Å². The van der Waals surface area contributed by atoms with Gasteiger partial charge in [0.05, 0.1) is 12.8 Å². The van der Waals surface area contributed by atoms with Gasteiger partial charge in [-0.25, -0.2) is 4.98 Å². The number of aromatic nitrogens is 2. The predicted molar refractivity (Wildman–Crippen MR) is 116 cm³/mol. The maximum Gasteiger partial charge on any atom is 0.252 e. The molecule has 2 N–H and O–H groups in total. The van der Waals surface area contributed by atoms with Gasteiger partial charge in [-0.05, 0) is 35.9 Å². The van der Waals surface area contributed by atoms with Gasteiger partial charge in [0, 0.05) is 42.1 Å². The van der Waals surface area contributed by atoms with Gasteiger partial charge in [-0.1, -0.05) is 12.1 Å². The number of aryl methyl sites for hydroxylation is 1. The van der Waals surface area contributed by atoms with Crippen molar-refractivity contribution in [2.75, 3.05) is 18.2 Å². The first-order valence-corrected chi connectivity index (χ1v) is 10.5. The predicted octanol–water partition coefficient (Wildman–Crippen LogP) is 3.38. The molecule has 2 amide bonds. The minimum atomic E-state index is -0.439. The molecule has 1 atom stereocenters. The van der Waals surface area contributed by atoms with E-state index in [-0.39, 0.29) is 11.8 Å². The molecule has 0 saturated carbocycles. The van der Waals surface area contributed by atoms with Gasteiger partial charge in [0.1, 0.15) is 17.6 Å². The Hall–Kier alpha value is -3.26. The van der Waals surface area contributed by atoms with Crippen LogP contribution in [0.2, 0.25) is 0 Å². The highest BCUT2D eigenvalue weighted by atomic mass is 32.2. The summed E-state index contributed by atoms with van der Waals surface area (Å²) in [5.74, 6) is 1.89. The molecule has 154 valence electrons. The standard InChI is InChI=1S/C22H22N4O3S/c1-26-11-10-23-21(26)20(14-3-6-16(29-2)7-4-14)25-22(28)15-5-8-18-17(13-15)24-19(27)9-12-30-18/h3-8,10-11,13,20H,9,12H2,1-2H3,(H,24,27)(H,25,28). The number of nitrogens with one attached hydrogen (secondary N) is 2. The van der Waals surface area contributed by atoms with Gasteiger partial charge in [0.15, 0.2) is 0 Å². The number of amides is 2. The topological polar surface area (TPSA) is 85.2 Å². The van der Waals surface area contributed by atoms with Crippen molar-refractivity contribution in [1.82, 2.24) is 14.9 Å². The summed E-state index contributed by atoms with van der Waals surface area (Å²) in [6.07, 6.45) is 4.00. The van der Waals surface area contributed by atoms with E-state index in [1.807, 2.05) is 48.1 Å². The fourth-order valence-electron chi connectivity index (χ4n) is 3.32. The number of fused-ring (bicyclic) bond motifs is 1. The van der Waals surface area contributed by atoms with Crippen molar-refractivity contribution in [2.24, 2.45) is 7.05 Å². The number of carbonyl (C=O) groups is 2. The molecule has 0 fully saturated rings. The van der Waals surface area contributed by atoms with Crippen LogP contribution < -0.4 is 15.4 Å². The summed E-state index contributed by atoms with van der Waals surface area (Å²) < 4.78 is 7.12. The molecule has 1 aliphatic heterocycles. The largest absolute Gasteiger partial charge is 0.497 e. The lowest BCUT2D eigenvalue weighted by Crippen LogP contribution is -2.31. The third-order valence-corrected chi connectivity index (χ3v) is 6.02. The van der Waals surface area contributed by atoms with Crippen molar-refractivity contribution < 1.29 is 14.3 Å². The number of ether oxygens (including phenoxy) is 1. The van der Waals surface area contributed by atoms with Gasteiger partial charge in [0.2, 0.25) is 5.91 Å². The molecule has 0 spiro atoms. The molecular weight excluding hydrogens is 400 g/mol. The lowest BCUT2D eigenvalue weighted by molar-refractivity contribution is -0.115. The number of nitrogens with zero attached hydrogens (tertiary/aromatic N) is 2. The molecule has 8 heteroatoms. The molecule has 0 bridgehead atoms. The summed E-state index contributed by atoms with van der Waals surface area (Å²) in [6, 6.07) is 12.5. The lowest BCUT2D eigenvalue weighted by atomic mass is 10.0. The number of rotatable bonds is 5. The maximum absolute atomic E-state index is 13.1. The number of imidazole rings is 1. The van der Waals surface area contributed by atoms with Crippen molar-refractivity contribution in [3.63, 3.8) is 0 Å². The zero-order chi connectivity index (χ0) is 21.1. The average molecular weight is 423 g/mol. The number of hydrogen-bond donors (Lipinski definition) is 2. The number of benzene rings is 2. The van der Waals surface area contributed by atoms with Gasteiger partial charge < -0.3 is 19.9 Å². The lowest BCUT2D eigenvalue weighted by Gasteiger charge is -2.20. The van der Waals surface area contributed by atoms with Gasteiger partial charge in [-0.2, -0.15) is 0 Å². The van der Waals surface area contributed by atoms with E-state index in [4.69, 9.17) is 4.74 Å². The fraction of sp³-hybridized carbons (Fsp3) is 0.227. The third kappa shape index (κ3) is 4.18. The SMILES string of the molecule is COc1ccc(C(NC(=O)c2ccc3c(c2)NC(=O)CCS3)c2nccn2C)cc1. The van der Waals surface area contributed by atoms with Crippen LogP contribution >= 0.6 is 11.8 Å². The Bertz CT molecular complexity index is 1080. The van der Waals surface area contributed by atoms with Crippen molar-refractivity contribution >= 4 is 29.3 Å². The summed E-state index contributed by atoms with van der Waals surface area (Å²) >= 11 is 1.61. The highest BCUT2D eigenvalue weighted by molar-refractivity contribution is 7.99. The van der Waals surface area contributed by atoms with Crippen LogP contribution in [0.3, 0.4) is 0 Å². The van der Waals surface area contributed by atoms with E-state index in [2.05, 4.69) is 15.6 Å². The Labute approximate surface area is 178 Å². The Morgan fingerprint density at radius 1 is 1.27 bits per heavy atom. The zero-order valence-corrected chi connectivity index (χ0v) is 17.5. The molecule has 4 rings (SSSR count). The second kappa shape index (κ2) is 8.62. The Balaban J connectivity index is 1.63. The Kier molecular flexibility index (Phi) is 5.76. The molecule has 1 unspecified atom stereocenters. The molecule has 2 heterocycles. The molecule has 0 radical (unpaired) electrons. The molecule has 1 aromatic heterocycles. The number of thioether (sulfide) groups is 1. The first-order valence-electron chi connectivity index (χ1n) is 9.54. The van der Waals surface area contributed by atoms with E-state index in [0.717, 1.165) is 22.0 Å².